The number of benzene rings is 1. The number of methoxy groups -OCH3 is 1. The smallest absolute Gasteiger partial charge is 0.195 e. The van der Waals surface area contributed by atoms with Crippen LogP contribution in [-0.2, 0) is 6.54 Å². The van der Waals surface area contributed by atoms with Crippen molar-refractivity contribution in [2.24, 2.45) is 11.8 Å². The first-order valence-corrected chi connectivity index (χ1v) is 11.1. The summed E-state index contributed by atoms with van der Waals surface area (Å²) in [5, 5.41) is 10.0. The lowest BCUT2D eigenvalue weighted by molar-refractivity contribution is 0.252. The van der Waals surface area contributed by atoms with Crippen molar-refractivity contribution in [3.63, 3.8) is 0 Å². The van der Waals surface area contributed by atoms with Crippen LogP contribution in [0.3, 0.4) is 0 Å². The molecule has 152 valence electrons. The first-order chi connectivity index (χ1) is 13.6. The van der Waals surface area contributed by atoms with Gasteiger partial charge in [0.1, 0.15) is 5.75 Å². The number of thioether (sulfide) groups is 1. The quantitative estimate of drug-likeness (QED) is 0.446. The van der Waals surface area contributed by atoms with Crippen LogP contribution in [0, 0.1) is 11.8 Å². The Morgan fingerprint density at radius 2 is 2.14 bits per heavy atom. The number of rotatable bonds is 9. The standard InChI is InChI=1S/C22H32N4OS/c1-17(2)16-28-22-24-23-21(15-25(3)14-18-9-6-5-7-10-18)26(22)19-11-8-12-20(13-19)27-4/h5-6,8,11-13,17-18H,7,9-10,14-16H2,1-4H3. The van der Waals surface area contributed by atoms with Crippen molar-refractivity contribution >= 4 is 11.8 Å². The van der Waals surface area contributed by atoms with E-state index in [4.69, 9.17) is 4.74 Å². The molecule has 0 N–H and O–H groups in total. The molecule has 1 aromatic heterocycles. The number of hydrogen-bond donors (Lipinski definition) is 0. The summed E-state index contributed by atoms with van der Waals surface area (Å²) >= 11 is 1.77. The van der Waals surface area contributed by atoms with E-state index in [1.54, 1.807) is 18.9 Å². The predicted octanol–water partition coefficient (Wildman–Crippen LogP) is 4.81. The van der Waals surface area contributed by atoms with Gasteiger partial charge in [0.2, 0.25) is 0 Å². The fourth-order valence-electron chi connectivity index (χ4n) is 3.52. The van der Waals surface area contributed by atoms with E-state index in [1.807, 2.05) is 12.1 Å². The average molecular weight is 401 g/mol. The highest BCUT2D eigenvalue weighted by Crippen LogP contribution is 2.27. The minimum Gasteiger partial charge on any atom is -0.497 e. The largest absolute Gasteiger partial charge is 0.497 e. The summed E-state index contributed by atoms with van der Waals surface area (Å²) in [7, 11) is 3.89. The van der Waals surface area contributed by atoms with E-state index in [2.05, 4.69) is 64.8 Å². The zero-order valence-electron chi connectivity index (χ0n) is 17.5. The molecule has 1 aliphatic rings. The van der Waals surface area contributed by atoms with Crippen molar-refractivity contribution in [1.82, 2.24) is 19.7 Å². The monoisotopic (exact) mass is 400 g/mol. The van der Waals surface area contributed by atoms with Gasteiger partial charge < -0.3 is 4.74 Å². The molecule has 0 bridgehead atoms. The molecular formula is C22H32N4OS. The molecule has 1 unspecified atom stereocenters. The van der Waals surface area contributed by atoms with Gasteiger partial charge in [-0.15, -0.1) is 10.2 Å². The Bertz CT molecular complexity index is 787. The topological polar surface area (TPSA) is 43.2 Å². The number of allylic oxidation sites excluding steroid dienone is 2. The van der Waals surface area contributed by atoms with Crippen LogP contribution in [-0.4, -0.2) is 46.1 Å². The molecule has 0 amide bonds. The van der Waals surface area contributed by atoms with Gasteiger partial charge in [-0.3, -0.25) is 9.47 Å². The van der Waals surface area contributed by atoms with Crippen LogP contribution >= 0.6 is 11.8 Å². The second kappa shape index (κ2) is 10.1. The van der Waals surface area contributed by atoms with Crippen LogP contribution in [0.5, 0.6) is 5.75 Å². The zero-order chi connectivity index (χ0) is 19.9. The minimum atomic E-state index is 0.603. The third-order valence-corrected chi connectivity index (χ3v) is 6.27. The molecule has 1 aromatic carbocycles. The first kappa shape index (κ1) is 20.9. The average Bonchev–Trinajstić information content (AvgIpc) is 3.09. The normalized spacial score (nSPS) is 16.9. The molecule has 0 aliphatic heterocycles. The van der Waals surface area contributed by atoms with Crippen molar-refractivity contribution in [2.45, 2.75) is 44.8 Å². The Balaban J connectivity index is 1.81. The summed E-state index contributed by atoms with van der Waals surface area (Å²) in [6, 6.07) is 8.14. The van der Waals surface area contributed by atoms with Crippen LogP contribution in [0.1, 0.15) is 38.9 Å². The van der Waals surface area contributed by atoms with Gasteiger partial charge in [-0.1, -0.05) is 43.8 Å². The van der Waals surface area contributed by atoms with E-state index in [-0.39, 0.29) is 0 Å². The number of ether oxygens (including phenoxy) is 1. The van der Waals surface area contributed by atoms with Crippen molar-refractivity contribution in [3.05, 3.63) is 42.2 Å². The summed E-state index contributed by atoms with van der Waals surface area (Å²) in [6.07, 6.45) is 8.28. The van der Waals surface area contributed by atoms with Gasteiger partial charge >= 0.3 is 0 Å². The summed E-state index contributed by atoms with van der Waals surface area (Å²) in [5.41, 5.74) is 1.06. The highest BCUT2D eigenvalue weighted by Gasteiger charge is 2.19. The molecule has 1 heterocycles. The SMILES string of the molecule is COc1cccc(-n2c(CN(C)CC3CC=CCC3)nnc2SCC(C)C)c1. The van der Waals surface area contributed by atoms with E-state index < -0.39 is 0 Å². The van der Waals surface area contributed by atoms with E-state index in [9.17, 15) is 0 Å². The molecule has 1 atom stereocenters. The van der Waals surface area contributed by atoms with Crippen LogP contribution in [0.25, 0.3) is 5.69 Å². The van der Waals surface area contributed by atoms with Gasteiger partial charge in [-0.25, -0.2) is 0 Å². The molecule has 0 saturated carbocycles. The molecule has 0 radical (unpaired) electrons. The van der Waals surface area contributed by atoms with Crippen LogP contribution in [0.15, 0.2) is 41.6 Å². The third-order valence-electron chi connectivity index (χ3n) is 4.92. The second-order valence-corrected chi connectivity index (χ2v) is 8.97. The van der Waals surface area contributed by atoms with Gasteiger partial charge in [0.05, 0.1) is 19.3 Å². The number of hydrogen-bond acceptors (Lipinski definition) is 5. The highest BCUT2D eigenvalue weighted by molar-refractivity contribution is 7.99. The van der Waals surface area contributed by atoms with Gasteiger partial charge in [0.15, 0.2) is 11.0 Å². The lowest BCUT2D eigenvalue weighted by Crippen LogP contribution is -2.27. The lowest BCUT2D eigenvalue weighted by Gasteiger charge is -2.24. The van der Waals surface area contributed by atoms with Gasteiger partial charge in [-0.05, 0) is 50.3 Å². The Labute approximate surface area is 173 Å². The number of aromatic nitrogens is 3. The Morgan fingerprint density at radius 3 is 2.86 bits per heavy atom. The molecule has 0 fully saturated rings. The summed E-state index contributed by atoms with van der Waals surface area (Å²) < 4.78 is 7.62. The molecule has 2 aromatic rings. The van der Waals surface area contributed by atoms with E-state index in [0.717, 1.165) is 47.2 Å². The zero-order valence-corrected chi connectivity index (χ0v) is 18.3. The lowest BCUT2D eigenvalue weighted by atomic mass is 9.94. The van der Waals surface area contributed by atoms with Crippen molar-refractivity contribution in [1.29, 1.82) is 0 Å². The summed E-state index contributed by atoms with van der Waals surface area (Å²) in [4.78, 5) is 2.38. The Kier molecular flexibility index (Phi) is 7.57. The molecule has 5 nitrogen and oxygen atoms in total. The van der Waals surface area contributed by atoms with E-state index in [1.165, 1.54) is 19.3 Å². The molecular weight excluding hydrogens is 368 g/mol. The van der Waals surface area contributed by atoms with Gasteiger partial charge in [0.25, 0.3) is 0 Å². The molecule has 0 saturated heterocycles. The highest BCUT2D eigenvalue weighted by atomic mass is 32.2. The van der Waals surface area contributed by atoms with Crippen LogP contribution in [0.4, 0.5) is 0 Å². The maximum atomic E-state index is 5.43. The summed E-state index contributed by atoms with van der Waals surface area (Å²) in [5.74, 6) is 4.18. The molecule has 3 rings (SSSR count). The van der Waals surface area contributed by atoms with Crippen molar-refractivity contribution < 1.29 is 4.74 Å². The minimum absolute atomic E-state index is 0.603. The maximum Gasteiger partial charge on any atom is 0.195 e. The van der Waals surface area contributed by atoms with Gasteiger partial charge in [-0.2, -0.15) is 0 Å². The van der Waals surface area contributed by atoms with Crippen LogP contribution in [0.2, 0.25) is 0 Å². The van der Waals surface area contributed by atoms with Crippen molar-refractivity contribution in [2.75, 3.05) is 26.5 Å². The maximum absolute atomic E-state index is 5.43. The third kappa shape index (κ3) is 5.61. The fraction of sp³-hybridized carbons (Fsp3) is 0.545. The number of nitrogens with zero attached hydrogens (tertiary/aromatic N) is 4. The van der Waals surface area contributed by atoms with Gasteiger partial charge in [0, 0.05) is 18.4 Å². The first-order valence-electron chi connectivity index (χ1n) is 10.1. The summed E-state index contributed by atoms with van der Waals surface area (Å²) in [6.45, 7) is 6.33. The molecule has 28 heavy (non-hydrogen) atoms. The van der Waals surface area contributed by atoms with Crippen molar-refractivity contribution in [3.8, 4) is 11.4 Å². The van der Waals surface area contributed by atoms with E-state index in [0.29, 0.717) is 5.92 Å². The Morgan fingerprint density at radius 1 is 1.29 bits per heavy atom. The van der Waals surface area contributed by atoms with Crippen LogP contribution < -0.4 is 4.74 Å². The molecule has 1 aliphatic carbocycles. The van der Waals surface area contributed by atoms with E-state index >= 15 is 0 Å². The molecule has 0 spiro atoms. The predicted molar refractivity (Wildman–Crippen MR) is 116 cm³/mol. The molecule has 6 heteroatoms. The second-order valence-electron chi connectivity index (χ2n) is 7.99. The fourth-order valence-corrected chi connectivity index (χ4v) is 4.44. The Hall–Kier alpha value is -1.79.